The van der Waals surface area contributed by atoms with Crippen LogP contribution in [0.3, 0.4) is 0 Å². The molecule has 30 heavy (non-hydrogen) atoms. The van der Waals surface area contributed by atoms with Crippen LogP contribution in [0, 0.1) is 0 Å². The number of halogens is 3. The number of methoxy groups -OCH3 is 1. The molecule has 0 bridgehead atoms. The molecule has 0 unspecified atom stereocenters. The van der Waals surface area contributed by atoms with E-state index in [1.54, 1.807) is 18.5 Å². The minimum atomic E-state index is -4.46. The number of rotatable bonds is 5. The summed E-state index contributed by atoms with van der Waals surface area (Å²) in [5.74, 6) is 1.24. The molecule has 3 rings (SSSR count). The predicted octanol–water partition coefficient (Wildman–Crippen LogP) is 3.32. The van der Waals surface area contributed by atoms with Crippen molar-refractivity contribution in [2.24, 2.45) is 0 Å². The molecule has 1 saturated heterocycles. The number of aryl methyl sites for hydroxylation is 1. The van der Waals surface area contributed by atoms with Crippen molar-refractivity contribution in [2.45, 2.75) is 40.0 Å². The van der Waals surface area contributed by atoms with Gasteiger partial charge in [-0.15, -0.1) is 13.2 Å². The van der Waals surface area contributed by atoms with Gasteiger partial charge in [0.1, 0.15) is 17.8 Å². The number of likely N-dealkylation sites (tertiary alicyclic amines) is 1. The molecule has 1 aliphatic heterocycles. The fourth-order valence-electron chi connectivity index (χ4n) is 2.09. The first-order valence-electron chi connectivity index (χ1n) is 9.59. The van der Waals surface area contributed by atoms with E-state index in [9.17, 15) is 18.0 Å². The quantitative estimate of drug-likeness (QED) is 0.781. The van der Waals surface area contributed by atoms with Gasteiger partial charge >= 0.3 is 6.36 Å². The lowest BCUT2D eigenvalue weighted by molar-refractivity contribution is -0.311. The van der Waals surface area contributed by atoms with Crippen molar-refractivity contribution in [3.63, 3.8) is 0 Å². The van der Waals surface area contributed by atoms with Crippen LogP contribution in [0.15, 0.2) is 24.8 Å². The van der Waals surface area contributed by atoms with Crippen molar-refractivity contribution in [3.8, 4) is 11.5 Å². The molecule has 1 N–H and O–H groups in total. The summed E-state index contributed by atoms with van der Waals surface area (Å²) >= 11 is 0. The Morgan fingerprint density at radius 1 is 1.17 bits per heavy atom. The highest BCUT2D eigenvalue weighted by atomic mass is 19.4. The fraction of sp³-hybridized carbons (Fsp3) is 0.526. The molecule has 0 atom stereocenters. The number of nitrogens with one attached hydrogen (secondary N) is 1. The molecule has 1 amide bonds. The molecule has 0 aliphatic carbocycles. The zero-order valence-electron chi connectivity index (χ0n) is 17.5. The van der Waals surface area contributed by atoms with E-state index in [1.807, 2.05) is 18.7 Å². The van der Waals surface area contributed by atoms with Gasteiger partial charge in [-0.2, -0.15) is 0 Å². The third-order valence-corrected chi connectivity index (χ3v) is 3.87. The molecular weight excluding hydrogens is 401 g/mol. The smallest absolute Gasteiger partial charge is 0.361 e. The maximum absolute atomic E-state index is 11.8. The SMILES string of the molecule is CC.CCc1cnc(-c2cc(NCC(=O)N3CCC3)ncn2)nc1.COC(F)(F)F. The van der Waals surface area contributed by atoms with Crippen LogP contribution in [0.4, 0.5) is 19.0 Å². The minimum absolute atomic E-state index is 0.0926. The molecule has 166 valence electrons. The summed E-state index contributed by atoms with van der Waals surface area (Å²) in [6.45, 7) is 8.01. The van der Waals surface area contributed by atoms with Gasteiger partial charge in [-0.25, -0.2) is 19.9 Å². The number of hydrogen-bond donors (Lipinski definition) is 1. The second-order valence-corrected chi connectivity index (χ2v) is 5.79. The Hall–Kier alpha value is -2.82. The topological polar surface area (TPSA) is 93.1 Å². The Bertz CT molecular complexity index is 768. The first-order chi connectivity index (χ1) is 14.3. The standard InChI is InChI=1S/C15H18N6O.C2H3F3O.C2H6/c1-2-11-7-17-15(18-8-11)12-6-13(20-10-19-12)16-9-14(22)21-4-3-5-21;1-6-2(3,4)5;1-2/h6-8,10H,2-5,9H2,1H3,(H,16,19,20);1H3;1-2H3. The number of anilines is 1. The van der Waals surface area contributed by atoms with Gasteiger partial charge in [-0.1, -0.05) is 20.8 Å². The number of amides is 1. The number of carbonyl (C=O) groups is 1. The van der Waals surface area contributed by atoms with E-state index in [0.29, 0.717) is 24.4 Å². The van der Waals surface area contributed by atoms with Gasteiger partial charge in [0.05, 0.1) is 6.54 Å². The monoisotopic (exact) mass is 428 g/mol. The van der Waals surface area contributed by atoms with Crippen LogP contribution < -0.4 is 5.32 Å². The first kappa shape index (κ1) is 25.2. The molecule has 1 aliphatic rings. The molecule has 0 radical (unpaired) electrons. The summed E-state index contributed by atoms with van der Waals surface area (Å²) in [5.41, 5.74) is 1.72. The van der Waals surface area contributed by atoms with E-state index < -0.39 is 6.36 Å². The third-order valence-electron chi connectivity index (χ3n) is 3.87. The van der Waals surface area contributed by atoms with E-state index in [2.05, 4.69) is 36.9 Å². The van der Waals surface area contributed by atoms with E-state index >= 15 is 0 Å². The molecule has 11 heteroatoms. The molecule has 1 fully saturated rings. The average molecular weight is 428 g/mol. The van der Waals surface area contributed by atoms with Gasteiger partial charge < -0.3 is 10.2 Å². The highest BCUT2D eigenvalue weighted by Gasteiger charge is 2.25. The third kappa shape index (κ3) is 8.68. The molecule has 2 aromatic heterocycles. The van der Waals surface area contributed by atoms with E-state index in [-0.39, 0.29) is 12.5 Å². The van der Waals surface area contributed by atoms with Gasteiger partial charge in [-0.05, 0) is 18.4 Å². The Morgan fingerprint density at radius 3 is 2.23 bits per heavy atom. The van der Waals surface area contributed by atoms with Crippen molar-refractivity contribution in [3.05, 3.63) is 30.4 Å². The van der Waals surface area contributed by atoms with Crippen LogP contribution in [0.1, 0.15) is 32.8 Å². The van der Waals surface area contributed by atoms with Gasteiger partial charge in [0.2, 0.25) is 5.91 Å². The van der Waals surface area contributed by atoms with Gasteiger partial charge in [-0.3, -0.25) is 9.53 Å². The van der Waals surface area contributed by atoms with Crippen LogP contribution in [-0.2, 0) is 16.0 Å². The van der Waals surface area contributed by atoms with Crippen LogP contribution in [-0.4, -0.2) is 63.8 Å². The Balaban J connectivity index is 0.000000487. The van der Waals surface area contributed by atoms with Crippen molar-refractivity contribution in [1.29, 1.82) is 0 Å². The zero-order chi connectivity index (χ0) is 22.6. The van der Waals surface area contributed by atoms with Gasteiger partial charge in [0.25, 0.3) is 0 Å². The molecule has 0 aromatic carbocycles. The summed E-state index contributed by atoms with van der Waals surface area (Å²) in [6, 6.07) is 1.75. The number of nitrogens with zero attached hydrogens (tertiary/aromatic N) is 5. The second kappa shape index (κ2) is 12.7. The average Bonchev–Trinajstić information content (AvgIpc) is 2.73. The minimum Gasteiger partial charge on any atom is -0.361 e. The summed E-state index contributed by atoms with van der Waals surface area (Å²) < 4.78 is 34.6. The maximum atomic E-state index is 11.8. The largest absolute Gasteiger partial charge is 0.522 e. The molecule has 0 saturated carbocycles. The highest BCUT2D eigenvalue weighted by Crippen LogP contribution is 2.15. The normalized spacial score (nSPS) is 12.6. The van der Waals surface area contributed by atoms with E-state index in [0.717, 1.165) is 31.5 Å². The highest BCUT2D eigenvalue weighted by molar-refractivity contribution is 5.81. The van der Waals surface area contributed by atoms with Crippen molar-refractivity contribution < 1.29 is 22.7 Å². The molecule has 3 heterocycles. The van der Waals surface area contributed by atoms with Crippen LogP contribution in [0.5, 0.6) is 0 Å². The lowest BCUT2D eigenvalue weighted by Crippen LogP contribution is -2.44. The predicted molar refractivity (Wildman–Crippen MR) is 107 cm³/mol. The first-order valence-corrected chi connectivity index (χ1v) is 9.59. The zero-order valence-corrected chi connectivity index (χ0v) is 17.5. The second-order valence-electron chi connectivity index (χ2n) is 5.79. The molecular formula is C19H27F3N6O2. The summed E-state index contributed by atoms with van der Waals surface area (Å²) in [5, 5.41) is 3.03. The van der Waals surface area contributed by atoms with Crippen molar-refractivity contribution >= 4 is 11.7 Å². The van der Waals surface area contributed by atoms with E-state index in [4.69, 9.17) is 0 Å². The van der Waals surface area contributed by atoms with Gasteiger partial charge in [0, 0.05) is 38.7 Å². The summed E-state index contributed by atoms with van der Waals surface area (Å²) in [7, 11) is 0.583. The van der Waals surface area contributed by atoms with Crippen LogP contribution >= 0.6 is 0 Å². The summed E-state index contributed by atoms with van der Waals surface area (Å²) in [4.78, 5) is 30.6. The van der Waals surface area contributed by atoms with Crippen LogP contribution in [0.2, 0.25) is 0 Å². The Labute approximate surface area is 173 Å². The maximum Gasteiger partial charge on any atom is 0.522 e. The van der Waals surface area contributed by atoms with Crippen LogP contribution in [0.25, 0.3) is 11.5 Å². The number of aromatic nitrogens is 4. The molecule has 8 nitrogen and oxygen atoms in total. The lowest BCUT2D eigenvalue weighted by Gasteiger charge is -2.30. The summed E-state index contributed by atoms with van der Waals surface area (Å²) in [6.07, 6.45) is 2.57. The molecule has 2 aromatic rings. The number of ether oxygens (including phenoxy) is 1. The number of hydrogen-bond acceptors (Lipinski definition) is 7. The van der Waals surface area contributed by atoms with Crippen molar-refractivity contribution in [1.82, 2.24) is 24.8 Å². The number of carbonyl (C=O) groups excluding carboxylic acids is 1. The van der Waals surface area contributed by atoms with Crippen molar-refractivity contribution in [2.75, 3.05) is 32.1 Å². The lowest BCUT2D eigenvalue weighted by atomic mass is 10.2. The molecule has 0 spiro atoms. The Kier molecular flexibility index (Phi) is 10.7. The van der Waals surface area contributed by atoms with E-state index in [1.165, 1.54) is 6.33 Å². The fourth-order valence-corrected chi connectivity index (χ4v) is 2.09. The van der Waals surface area contributed by atoms with Gasteiger partial charge in [0.15, 0.2) is 5.82 Å². The number of alkyl halides is 3. The Morgan fingerprint density at radius 2 is 1.77 bits per heavy atom.